The van der Waals surface area contributed by atoms with Gasteiger partial charge in [-0.05, 0) is 77.1 Å². The highest BCUT2D eigenvalue weighted by Gasteiger charge is 2.27. The second-order valence-corrected chi connectivity index (χ2v) is 8.99. The van der Waals surface area contributed by atoms with Gasteiger partial charge in [-0.25, -0.2) is 4.98 Å². The van der Waals surface area contributed by atoms with E-state index in [1.54, 1.807) is 11.0 Å². The van der Waals surface area contributed by atoms with Crippen LogP contribution in [0.1, 0.15) is 59.2 Å². The number of pyridine rings is 1. The average molecular weight is 402 g/mol. The van der Waals surface area contributed by atoms with Gasteiger partial charge in [0.1, 0.15) is 11.5 Å². The third-order valence-electron chi connectivity index (χ3n) is 6.55. The summed E-state index contributed by atoms with van der Waals surface area (Å²) in [5.74, 6) is 1.01. The molecule has 1 saturated carbocycles. The zero-order valence-corrected chi connectivity index (χ0v) is 17.9. The van der Waals surface area contributed by atoms with Crippen LogP contribution in [0.3, 0.4) is 0 Å². The molecule has 0 radical (unpaired) electrons. The fourth-order valence-corrected chi connectivity index (χ4v) is 4.43. The van der Waals surface area contributed by atoms with E-state index in [0.29, 0.717) is 49.0 Å². The molecule has 2 aliphatic heterocycles. The number of piperidine rings is 1. The maximum Gasteiger partial charge on any atom is 0.269 e. The van der Waals surface area contributed by atoms with Crippen molar-refractivity contribution in [3.8, 4) is 0 Å². The summed E-state index contributed by atoms with van der Waals surface area (Å²) in [5, 5.41) is 2.96. The number of carbonyl (C=O) groups excluding carboxylic acids is 1. The number of carbonyl (C=O) groups is 1. The molecule has 1 aliphatic carbocycles. The van der Waals surface area contributed by atoms with E-state index in [9.17, 15) is 4.79 Å². The minimum Gasteiger partial charge on any atom is -0.355 e. The minimum absolute atomic E-state index is 0.164. The van der Waals surface area contributed by atoms with Gasteiger partial charge in [0.2, 0.25) is 0 Å². The van der Waals surface area contributed by atoms with Crippen LogP contribution in [0.25, 0.3) is 0 Å². The first-order valence-corrected chi connectivity index (χ1v) is 11.3. The van der Waals surface area contributed by atoms with Crippen molar-refractivity contribution >= 4 is 11.7 Å². The normalized spacial score (nSPS) is 25.4. The van der Waals surface area contributed by atoms with E-state index >= 15 is 0 Å². The molecule has 0 spiro atoms. The van der Waals surface area contributed by atoms with Gasteiger partial charge in [0, 0.05) is 47.5 Å². The number of nitrogens with zero attached hydrogens (tertiary/aromatic N) is 4. The van der Waals surface area contributed by atoms with Crippen LogP contribution < -0.4 is 10.2 Å². The Balaban J connectivity index is 1.40. The van der Waals surface area contributed by atoms with Gasteiger partial charge in [0.25, 0.3) is 5.91 Å². The van der Waals surface area contributed by atoms with Gasteiger partial charge in [-0.2, -0.15) is 0 Å². The first-order valence-electron chi connectivity index (χ1n) is 12.3. The molecule has 6 heteroatoms. The Hall–Kier alpha value is -1.66. The van der Waals surface area contributed by atoms with Crippen LogP contribution in [0.4, 0.5) is 5.82 Å². The van der Waals surface area contributed by atoms with Gasteiger partial charge < -0.3 is 15.1 Å². The lowest BCUT2D eigenvalue weighted by Gasteiger charge is -2.39. The van der Waals surface area contributed by atoms with Crippen molar-refractivity contribution in [2.24, 2.45) is 5.92 Å². The molecule has 0 bridgehead atoms. The highest BCUT2D eigenvalue weighted by molar-refractivity contribution is 5.92. The molecule has 3 heterocycles. The van der Waals surface area contributed by atoms with Crippen LogP contribution in [0.5, 0.6) is 0 Å². The summed E-state index contributed by atoms with van der Waals surface area (Å²) < 4.78 is 17.4. The molecule has 1 aromatic heterocycles. The number of hydrogen-bond acceptors (Lipinski definition) is 5. The molecule has 3 fully saturated rings. The molecule has 2 saturated heterocycles. The molecule has 160 valence electrons. The largest absolute Gasteiger partial charge is 0.355 e. The first-order chi connectivity index (χ1) is 14.8. The van der Waals surface area contributed by atoms with E-state index in [2.05, 4.69) is 33.9 Å². The number of amides is 1. The molecular weight excluding hydrogens is 362 g/mol. The van der Waals surface area contributed by atoms with Gasteiger partial charge in [0.15, 0.2) is 0 Å². The van der Waals surface area contributed by atoms with Crippen molar-refractivity contribution in [1.82, 2.24) is 20.1 Å². The molecule has 29 heavy (non-hydrogen) atoms. The van der Waals surface area contributed by atoms with Gasteiger partial charge in [-0.3, -0.25) is 9.69 Å². The van der Waals surface area contributed by atoms with Crippen molar-refractivity contribution < 1.29 is 7.54 Å². The van der Waals surface area contributed by atoms with Crippen molar-refractivity contribution in [3.63, 3.8) is 0 Å². The Morgan fingerprint density at radius 2 is 1.97 bits per heavy atom. The van der Waals surface area contributed by atoms with Gasteiger partial charge in [-0.15, -0.1) is 0 Å². The smallest absolute Gasteiger partial charge is 0.269 e. The van der Waals surface area contributed by atoms with E-state index in [-0.39, 0.29) is 5.91 Å². The number of hydrogen-bond donors (Lipinski definition) is 1. The Labute approximate surface area is 178 Å². The Morgan fingerprint density at radius 1 is 1.17 bits per heavy atom. The number of aromatic nitrogens is 1. The summed E-state index contributed by atoms with van der Waals surface area (Å²) in [6.45, 7) is 8.14. The van der Waals surface area contributed by atoms with E-state index < -0.39 is 6.50 Å². The predicted octanol–water partition coefficient (Wildman–Crippen LogP) is 2.61. The lowest BCUT2D eigenvalue weighted by Crippen LogP contribution is -2.47. The molecule has 0 unspecified atom stereocenters. The van der Waals surface area contributed by atoms with Crippen LogP contribution in [-0.4, -0.2) is 78.5 Å². The summed E-state index contributed by atoms with van der Waals surface area (Å²) in [4.78, 5) is 23.8. The molecular formula is C23H37N5O. The first kappa shape index (κ1) is 18.1. The van der Waals surface area contributed by atoms with Crippen molar-refractivity contribution in [3.05, 3.63) is 23.9 Å². The van der Waals surface area contributed by atoms with Crippen molar-refractivity contribution in [2.45, 2.75) is 58.0 Å². The summed E-state index contributed by atoms with van der Waals surface area (Å²) >= 11 is 0. The van der Waals surface area contributed by atoms with Gasteiger partial charge in [0.05, 0.1) is 0 Å². The summed E-state index contributed by atoms with van der Waals surface area (Å²) in [6.07, 6.45) is 5.12. The molecule has 0 atom stereocenters. The van der Waals surface area contributed by atoms with Crippen molar-refractivity contribution in [2.75, 3.05) is 50.7 Å². The molecule has 1 aromatic rings. The lowest BCUT2D eigenvalue weighted by molar-refractivity contribution is 0.0947. The van der Waals surface area contributed by atoms with E-state index in [1.165, 1.54) is 12.8 Å². The second kappa shape index (κ2) is 9.43. The van der Waals surface area contributed by atoms with Gasteiger partial charge >= 0.3 is 0 Å². The number of rotatable bonds is 6. The molecule has 3 aliphatic rings. The molecule has 6 nitrogen and oxygen atoms in total. The Bertz CT molecular complexity index is 762. The third-order valence-corrected chi connectivity index (χ3v) is 6.55. The quantitative estimate of drug-likeness (QED) is 0.794. The number of likely N-dealkylation sites (tertiary alicyclic amines) is 1. The van der Waals surface area contributed by atoms with Crippen LogP contribution in [-0.2, 0) is 0 Å². The summed E-state index contributed by atoms with van der Waals surface area (Å²) in [5.41, 5.74) is 0.371. The topological polar surface area (TPSA) is 51.7 Å². The van der Waals surface area contributed by atoms with E-state index in [0.717, 1.165) is 39.0 Å². The maximum absolute atomic E-state index is 12.5. The standard InChI is InChI=1S/C23H37N5O/c1-18(2)26-13-9-20(10-14-26)27-11-4-12-28(16-15-27)22-6-3-5-21(25-22)23(29)24-17-19-7-8-19/h3,5-6,18-20H,4,7-17H2,1-2H3,(H,24,29)/i12D2. The number of nitrogens with one attached hydrogen (secondary N) is 1. The van der Waals surface area contributed by atoms with Crippen LogP contribution in [0.15, 0.2) is 18.2 Å². The average Bonchev–Trinajstić information content (AvgIpc) is 3.59. The minimum atomic E-state index is -1.48. The fourth-order valence-electron chi connectivity index (χ4n) is 4.43. The van der Waals surface area contributed by atoms with E-state index in [4.69, 9.17) is 2.74 Å². The predicted molar refractivity (Wildman–Crippen MR) is 117 cm³/mol. The number of anilines is 1. The maximum atomic E-state index is 12.5. The van der Waals surface area contributed by atoms with Crippen LogP contribution >= 0.6 is 0 Å². The fraction of sp³-hybridized carbons (Fsp3) is 0.739. The highest BCUT2D eigenvalue weighted by atomic mass is 16.1. The highest BCUT2D eigenvalue weighted by Crippen LogP contribution is 2.27. The second-order valence-electron chi connectivity index (χ2n) is 8.99. The Morgan fingerprint density at radius 3 is 2.69 bits per heavy atom. The molecule has 0 aromatic carbocycles. The SMILES string of the molecule is [2H]C1([2H])CCN(C2CCN(C(C)C)CC2)CCN1c1cccc(C(=O)NCC2CC2)n1. The van der Waals surface area contributed by atoms with Crippen LogP contribution in [0, 0.1) is 5.92 Å². The zero-order chi connectivity index (χ0) is 22.0. The molecule has 1 amide bonds. The summed E-state index contributed by atoms with van der Waals surface area (Å²) in [6, 6.07) is 6.47. The monoisotopic (exact) mass is 401 g/mol. The van der Waals surface area contributed by atoms with Gasteiger partial charge in [-0.1, -0.05) is 6.07 Å². The summed E-state index contributed by atoms with van der Waals surface area (Å²) in [7, 11) is 0. The lowest BCUT2D eigenvalue weighted by atomic mass is 10.0. The molecule has 1 N–H and O–H groups in total. The third kappa shape index (κ3) is 5.48. The zero-order valence-electron chi connectivity index (χ0n) is 19.9. The molecule has 4 rings (SSSR count). The van der Waals surface area contributed by atoms with E-state index in [1.807, 2.05) is 12.1 Å². The van der Waals surface area contributed by atoms with Crippen molar-refractivity contribution in [1.29, 1.82) is 0 Å². The Kier molecular flexibility index (Phi) is 5.90. The van der Waals surface area contributed by atoms with Crippen LogP contribution in [0.2, 0.25) is 0 Å².